The second-order valence-electron chi connectivity index (χ2n) is 3.47. The lowest BCUT2D eigenvalue weighted by Crippen LogP contribution is -2.40. The third-order valence-corrected chi connectivity index (χ3v) is 3.00. The first-order chi connectivity index (χ1) is 8.29. The zero-order valence-corrected chi connectivity index (χ0v) is 10.5. The van der Waals surface area contributed by atoms with E-state index >= 15 is 0 Å². The number of ether oxygens (including phenoxy) is 2. The number of rotatable bonds is 4. The maximum atomic E-state index is 11.4. The average Bonchev–Trinajstić information content (AvgIpc) is 2.79. The molecule has 1 saturated heterocycles. The fourth-order valence-electron chi connectivity index (χ4n) is 1.43. The van der Waals surface area contributed by atoms with Gasteiger partial charge in [-0.15, -0.1) is 11.3 Å². The summed E-state index contributed by atoms with van der Waals surface area (Å²) in [6.45, 7) is 5.19. The molecule has 0 spiro atoms. The predicted molar refractivity (Wildman–Crippen MR) is 64.1 cm³/mol. The van der Waals surface area contributed by atoms with E-state index in [1.54, 1.807) is 12.3 Å². The van der Waals surface area contributed by atoms with Gasteiger partial charge in [0.15, 0.2) is 10.8 Å². The van der Waals surface area contributed by atoms with E-state index in [-0.39, 0.29) is 5.97 Å². The Balaban J connectivity index is 1.91. The molecule has 2 heterocycles. The monoisotopic (exact) mass is 257 g/mol. The number of hydrogen-bond donors (Lipinski definition) is 1. The first-order valence-electron chi connectivity index (χ1n) is 5.51. The minimum Gasteiger partial charge on any atom is -0.461 e. The number of thiazole rings is 1. The molecule has 1 fully saturated rings. The Morgan fingerprint density at radius 3 is 3.12 bits per heavy atom. The summed E-state index contributed by atoms with van der Waals surface area (Å²) in [5.74, 6) is -0.376. The van der Waals surface area contributed by atoms with E-state index in [0.29, 0.717) is 30.6 Å². The predicted octanol–water partition coefficient (Wildman–Crippen LogP) is 0.979. The summed E-state index contributed by atoms with van der Waals surface area (Å²) >= 11 is 1.39. The number of hydrogen-bond acceptors (Lipinski definition) is 7. The fourth-order valence-corrected chi connectivity index (χ4v) is 2.14. The number of carbonyl (C=O) groups is 1. The molecule has 0 saturated carbocycles. The second kappa shape index (κ2) is 5.95. The number of anilines is 1. The quantitative estimate of drug-likeness (QED) is 0.811. The van der Waals surface area contributed by atoms with Gasteiger partial charge >= 0.3 is 5.97 Å². The molecular formula is C10H15N3O3S. The maximum absolute atomic E-state index is 11.4. The Morgan fingerprint density at radius 1 is 1.65 bits per heavy atom. The van der Waals surface area contributed by atoms with Crippen LogP contribution in [0.5, 0.6) is 0 Å². The SMILES string of the molecule is CCOC(=O)c1csc(NN2CCOCC2)n1. The highest BCUT2D eigenvalue weighted by Crippen LogP contribution is 2.17. The third-order valence-electron chi connectivity index (χ3n) is 2.25. The van der Waals surface area contributed by atoms with Gasteiger partial charge in [0.05, 0.1) is 19.8 Å². The lowest BCUT2D eigenvalue weighted by molar-refractivity contribution is 0.0493. The van der Waals surface area contributed by atoms with Gasteiger partial charge in [0.25, 0.3) is 0 Å². The molecule has 0 radical (unpaired) electrons. The highest BCUT2D eigenvalue weighted by Gasteiger charge is 2.14. The van der Waals surface area contributed by atoms with Gasteiger partial charge in [0.2, 0.25) is 0 Å². The third kappa shape index (κ3) is 3.39. The highest BCUT2D eigenvalue weighted by molar-refractivity contribution is 7.13. The van der Waals surface area contributed by atoms with Crippen LogP contribution in [0.4, 0.5) is 5.13 Å². The molecule has 2 rings (SSSR count). The van der Waals surface area contributed by atoms with Gasteiger partial charge in [-0.25, -0.2) is 14.8 Å². The Labute approximate surface area is 104 Å². The van der Waals surface area contributed by atoms with Crippen LogP contribution in [0.1, 0.15) is 17.4 Å². The Hall–Kier alpha value is -1.18. The van der Waals surface area contributed by atoms with Crippen LogP contribution >= 0.6 is 11.3 Å². The van der Waals surface area contributed by atoms with E-state index in [1.165, 1.54) is 11.3 Å². The number of nitrogens with one attached hydrogen (secondary N) is 1. The normalized spacial score (nSPS) is 16.8. The molecule has 17 heavy (non-hydrogen) atoms. The van der Waals surface area contributed by atoms with E-state index in [1.807, 2.05) is 5.01 Å². The largest absolute Gasteiger partial charge is 0.461 e. The summed E-state index contributed by atoms with van der Waals surface area (Å²) in [5.41, 5.74) is 3.51. The zero-order valence-electron chi connectivity index (χ0n) is 9.64. The van der Waals surface area contributed by atoms with Crippen molar-refractivity contribution in [1.82, 2.24) is 9.99 Å². The van der Waals surface area contributed by atoms with Gasteiger partial charge in [-0.05, 0) is 6.92 Å². The maximum Gasteiger partial charge on any atom is 0.357 e. The van der Waals surface area contributed by atoms with Gasteiger partial charge in [0, 0.05) is 18.5 Å². The van der Waals surface area contributed by atoms with Crippen molar-refractivity contribution in [2.45, 2.75) is 6.92 Å². The molecule has 7 heteroatoms. The Morgan fingerprint density at radius 2 is 2.41 bits per heavy atom. The first kappa shape index (κ1) is 12.3. The van der Waals surface area contributed by atoms with E-state index in [9.17, 15) is 4.79 Å². The van der Waals surface area contributed by atoms with Crippen LogP contribution in [0.2, 0.25) is 0 Å². The van der Waals surface area contributed by atoms with Gasteiger partial charge in [-0.1, -0.05) is 0 Å². The van der Waals surface area contributed by atoms with Crippen LogP contribution in [-0.2, 0) is 9.47 Å². The number of morpholine rings is 1. The molecule has 0 aromatic carbocycles. The molecule has 6 nitrogen and oxygen atoms in total. The van der Waals surface area contributed by atoms with Crippen LogP contribution in [0.15, 0.2) is 5.38 Å². The number of aromatic nitrogens is 1. The van der Waals surface area contributed by atoms with Gasteiger partial charge in [-0.2, -0.15) is 0 Å². The van der Waals surface area contributed by atoms with E-state index in [0.717, 1.165) is 13.1 Å². The lowest BCUT2D eigenvalue weighted by Gasteiger charge is -2.26. The van der Waals surface area contributed by atoms with Crippen molar-refractivity contribution in [3.05, 3.63) is 11.1 Å². The molecule has 1 aromatic rings. The standard InChI is InChI=1S/C10H15N3O3S/c1-2-16-9(14)8-7-17-10(11-8)12-13-3-5-15-6-4-13/h7H,2-6H2,1H3,(H,11,12). The molecule has 0 atom stereocenters. The first-order valence-corrected chi connectivity index (χ1v) is 6.39. The van der Waals surface area contributed by atoms with Crippen molar-refractivity contribution in [1.29, 1.82) is 0 Å². The summed E-state index contributed by atoms with van der Waals surface area (Å²) in [7, 11) is 0. The van der Waals surface area contributed by atoms with Crippen molar-refractivity contribution >= 4 is 22.4 Å². The van der Waals surface area contributed by atoms with E-state index in [4.69, 9.17) is 9.47 Å². The summed E-state index contributed by atoms with van der Waals surface area (Å²) in [6, 6.07) is 0. The molecule has 0 unspecified atom stereocenters. The fraction of sp³-hybridized carbons (Fsp3) is 0.600. The molecule has 1 aliphatic rings. The number of nitrogens with zero attached hydrogens (tertiary/aromatic N) is 2. The Kier molecular flexibility index (Phi) is 4.29. The molecular weight excluding hydrogens is 242 g/mol. The van der Waals surface area contributed by atoms with Crippen LogP contribution in [-0.4, -0.2) is 48.9 Å². The topological polar surface area (TPSA) is 63.7 Å². The van der Waals surface area contributed by atoms with Crippen molar-refractivity contribution < 1.29 is 14.3 Å². The average molecular weight is 257 g/mol. The molecule has 0 amide bonds. The van der Waals surface area contributed by atoms with E-state index < -0.39 is 0 Å². The number of carbonyl (C=O) groups excluding carboxylic acids is 1. The summed E-state index contributed by atoms with van der Waals surface area (Å²) in [6.07, 6.45) is 0. The minimum absolute atomic E-state index is 0.354. The van der Waals surface area contributed by atoms with Gasteiger partial charge in [0.1, 0.15) is 0 Å². The number of esters is 1. The second-order valence-corrected chi connectivity index (χ2v) is 4.33. The summed E-state index contributed by atoms with van der Waals surface area (Å²) in [5, 5.41) is 4.42. The minimum atomic E-state index is -0.376. The van der Waals surface area contributed by atoms with Crippen LogP contribution in [0, 0.1) is 0 Å². The molecule has 1 N–H and O–H groups in total. The van der Waals surface area contributed by atoms with Crippen molar-refractivity contribution in [3.63, 3.8) is 0 Å². The van der Waals surface area contributed by atoms with Gasteiger partial charge in [-0.3, -0.25) is 5.43 Å². The molecule has 1 aliphatic heterocycles. The van der Waals surface area contributed by atoms with Crippen molar-refractivity contribution in [2.75, 3.05) is 38.3 Å². The summed E-state index contributed by atoms with van der Waals surface area (Å²) in [4.78, 5) is 15.6. The molecule has 1 aromatic heterocycles. The number of hydrazine groups is 1. The van der Waals surface area contributed by atoms with Crippen molar-refractivity contribution in [3.8, 4) is 0 Å². The van der Waals surface area contributed by atoms with Crippen LogP contribution in [0.3, 0.4) is 0 Å². The smallest absolute Gasteiger partial charge is 0.357 e. The lowest BCUT2D eigenvalue weighted by atomic mass is 10.5. The highest BCUT2D eigenvalue weighted by atomic mass is 32.1. The molecule has 0 aliphatic carbocycles. The van der Waals surface area contributed by atoms with Crippen LogP contribution < -0.4 is 5.43 Å². The van der Waals surface area contributed by atoms with Crippen LogP contribution in [0.25, 0.3) is 0 Å². The zero-order chi connectivity index (χ0) is 12.1. The van der Waals surface area contributed by atoms with Crippen molar-refractivity contribution in [2.24, 2.45) is 0 Å². The molecule has 94 valence electrons. The molecule has 0 bridgehead atoms. The summed E-state index contributed by atoms with van der Waals surface area (Å²) < 4.78 is 10.1. The van der Waals surface area contributed by atoms with Gasteiger partial charge < -0.3 is 9.47 Å². The van der Waals surface area contributed by atoms with E-state index in [2.05, 4.69) is 10.4 Å². The Bertz CT molecular complexity index is 377.